The average molecular weight is 247 g/mol. The van der Waals surface area contributed by atoms with E-state index in [1.165, 1.54) is 76.4 Å². The summed E-state index contributed by atoms with van der Waals surface area (Å²) in [6, 6.07) is 0. The third-order valence-electron chi connectivity index (χ3n) is 4.22. The van der Waals surface area contributed by atoms with Crippen LogP contribution in [0.3, 0.4) is 0 Å². The summed E-state index contributed by atoms with van der Waals surface area (Å²) in [4.78, 5) is 4.66. The quantitative estimate of drug-likeness (QED) is 0.738. The zero-order valence-corrected chi connectivity index (χ0v) is 11.8. The SMILES string of the molecule is [B](C1=NCCCCN1)C1CCCCCCCCC1. The normalized spacial score (nSPS) is 24.6. The molecular formula is C15H28BN2. The van der Waals surface area contributed by atoms with Crippen molar-refractivity contribution < 1.29 is 0 Å². The number of amidine groups is 1. The summed E-state index contributed by atoms with van der Waals surface area (Å²) in [5.74, 6) is 0.771. The predicted molar refractivity (Wildman–Crippen MR) is 80.6 cm³/mol. The molecule has 0 bridgehead atoms. The molecule has 1 fully saturated rings. The lowest BCUT2D eigenvalue weighted by molar-refractivity contribution is 0.503. The Morgan fingerprint density at radius 1 is 0.833 bits per heavy atom. The second-order valence-corrected chi connectivity index (χ2v) is 5.88. The maximum atomic E-state index is 4.66. The first-order chi connectivity index (χ1) is 8.95. The maximum Gasteiger partial charge on any atom is 0.203 e. The Balaban J connectivity index is 1.78. The van der Waals surface area contributed by atoms with Gasteiger partial charge in [-0.05, 0) is 12.8 Å². The van der Waals surface area contributed by atoms with Crippen LogP contribution in [0.2, 0.25) is 5.82 Å². The topological polar surface area (TPSA) is 24.4 Å². The van der Waals surface area contributed by atoms with Gasteiger partial charge in [0.25, 0.3) is 0 Å². The molecule has 0 spiro atoms. The van der Waals surface area contributed by atoms with Gasteiger partial charge in [0.15, 0.2) is 0 Å². The molecular weight excluding hydrogens is 219 g/mol. The second kappa shape index (κ2) is 8.60. The Morgan fingerprint density at radius 3 is 2.22 bits per heavy atom. The van der Waals surface area contributed by atoms with Crippen molar-refractivity contribution in [1.29, 1.82) is 0 Å². The summed E-state index contributed by atoms with van der Waals surface area (Å²) >= 11 is 0. The molecule has 0 aromatic heterocycles. The Labute approximate surface area is 113 Å². The molecule has 1 saturated carbocycles. The molecule has 0 aromatic carbocycles. The van der Waals surface area contributed by atoms with Gasteiger partial charge in [-0.2, -0.15) is 0 Å². The summed E-state index contributed by atoms with van der Waals surface area (Å²) < 4.78 is 0. The van der Waals surface area contributed by atoms with E-state index in [4.69, 9.17) is 0 Å². The molecule has 0 saturated heterocycles. The third-order valence-corrected chi connectivity index (χ3v) is 4.22. The van der Waals surface area contributed by atoms with Crippen LogP contribution in [0, 0.1) is 0 Å². The number of nitrogens with one attached hydrogen (secondary N) is 1. The number of rotatable bonds is 2. The van der Waals surface area contributed by atoms with E-state index in [9.17, 15) is 0 Å². The van der Waals surface area contributed by atoms with Crippen LogP contribution in [0.5, 0.6) is 0 Å². The van der Waals surface area contributed by atoms with E-state index in [-0.39, 0.29) is 0 Å². The highest BCUT2D eigenvalue weighted by Gasteiger charge is 2.15. The highest BCUT2D eigenvalue weighted by molar-refractivity contribution is 6.76. The zero-order chi connectivity index (χ0) is 12.5. The van der Waals surface area contributed by atoms with E-state index in [0.29, 0.717) is 0 Å². The summed E-state index contributed by atoms with van der Waals surface area (Å²) in [6.45, 7) is 2.13. The molecule has 2 nitrogen and oxygen atoms in total. The van der Waals surface area contributed by atoms with Gasteiger partial charge in [0.05, 0.1) is 0 Å². The van der Waals surface area contributed by atoms with Crippen molar-refractivity contribution in [3.8, 4) is 0 Å². The standard InChI is InChI=1S/C15H28BN2/c1-2-4-6-10-14(11-7-5-3-1)16-15-17-12-8-9-13-18-15/h14H,1-13H2,(H,17,18). The van der Waals surface area contributed by atoms with E-state index in [1.807, 2.05) is 0 Å². The van der Waals surface area contributed by atoms with E-state index in [1.54, 1.807) is 0 Å². The fourth-order valence-electron chi connectivity index (χ4n) is 3.05. The predicted octanol–water partition coefficient (Wildman–Crippen LogP) is 3.74. The van der Waals surface area contributed by atoms with Crippen molar-refractivity contribution in [3.05, 3.63) is 0 Å². The lowest BCUT2D eigenvalue weighted by Crippen LogP contribution is -2.31. The minimum Gasteiger partial charge on any atom is -0.382 e. The Bertz CT molecular complexity index is 243. The average Bonchev–Trinajstić information content (AvgIpc) is 2.66. The first-order valence-corrected chi connectivity index (χ1v) is 8.08. The molecule has 101 valence electrons. The lowest BCUT2D eigenvalue weighted by Gasteiger charge is -2.18. The van der Waals surface area contributed by atoms with Gasteiger partial charge in [0.2, 0.25) is 7.28 Å². The van der Waals surface area contributed by atoms with Crippen LogP contribution in [-0.2, 0) is 0 Å². The summed E-state index contributed by atoms with van der Waals surface area (Å²) in [7, 11) is 2.44. The van der Waals surface area contributed by atoms with Gasteiger partial charge in [-0.25, -0.2) is 0 Å². The number of aliphatic imine (C=N–C) groups is 1. The first kappa shape index (κ1) is 14.0. The summed E-state index contributed by atoms with van der Waals surface area (Å²) in [5, 5.41) is 3.49. The molecule has 2 aliphatic rings. The minimum absolute atomic E-state index is 0.771. The van der Waals surface area contributed by atoms with Crippen LogP contribution in [0.1, 0.15) is 70.6 Å². The van der Waals surface area contributed by atoms with Crippen molar-refractivity contribution in [2.24, 2.45) is 4.99 Å². The maximum absolute atomic E-state index is 4.66. The number of hydrogen-bond acceptors (Lipinski definition) is 2. The van der Waals surface area contributed by atoms with Gasteiger partial charge in [0, 0.05) is 18.8 Å². The van der Waals surface area contributed by atoms with Crippen molar-refractivity contribution in [2.45, 2.75) is 76.4 Å². The van der Waals surface area contributed by atoms with Gasteiger partial charge in [-0.1, -0.05) is 63.6 Å². The molecule has 0 aromatic rings. The molecule has 1 radical (unpaired) electrons. The molecule has 2 rings (SSSR count). The fourth-order valence-corrected chi connectivity index (χ4v) is 3.05. The first-order valence-electron chi connectivity index (χ1n) is 8.08. The van der Waals surface area contributed by atoms with Gasteiger partial charge in [0.1, 0.15) is 0 Å². The highest BCUT2D eigenvalue weighted by Crippen LogP contribution is 2.25. The van der Waals surface area contributed by atoms with Crippen LogP contribution in [0.4, 0.5) is 0 Å². The van der Waals surface area contributed by atoms with E-state index in [0.717, 1.165) is 18.9 Å². The monoisotopic (exact) mass is 247 g/mol. The number of hydrogen-bond donors (Lipinski definition) is 1. The van der Waals surface area contributed by atoms with Crippen molar-refractivity contribution >= 4 is 13.0 Å². The third kappa shape index (κ3) is 5.45. The lowest BCUT2D eigenvalue weighted by atomic mass is 9.59. The molecule has 0 atom stereocenters. The Morgan fingerprint density at radius 2 is 1.50 bits per heavy atom. The minimum atomic E-state index is 0.771. The fraction of sp³-hybridized carbons (Fsp3) is 0.933. The number of nitrogens with zero attached hydrogens (tertiary/aromatic N) is 1. The van der Waals surface area contributed by atoms with Crippen molar-refractivity contribution in [2.75, 3.05) is 13.1 Å². The highest BCUT2D eigenvalue weighted by atomic mass is 15.0. The zero-order valence-electron chi connectivity index (χ0n) is 11.8. The Kier molecular flexibility index (Phi) is 6.67. The van der Waals surface area contributed by atoms with Gasteiger partial charge in [-0.3, -0.25) is 4.99 Å². The van der Waals surface area contributed by atoms with Gasteiger partial charge in [-0.15, -0.1) is 0 Å². The summed E-state index contributed by atoms with van der Waals surface area (Å²) in [6.07, 6.45) is 15.3. The second-order valence-electron chi connectivity index (χ2n) is 5.88. The smallest absolute Gasteiger partial charge is 0.203 e. The molecule has 1 aliphatic heterocycles. The molecule has 1 N–H and O–H groups in total. The van der Waals surface area contributed by atoms with Crippen LogP contribution < -0.4 is 5.32 Å². The van der Waals surface area contributed by atoms with Crippen LogP contribution in [0.15, 0.2) is 4.99 Å². The van der Waals surface area contributed by atoms with Crippen molar-refractivity contribution in [3.63, 3.8) is 0 Å². The Hall–Kier alpha value is -0.465. The van der Waals surface area contributed by atoms with Crippen LogP contribution in [-0.4, -0.2) is 26.1 Å². The molecule has 18 heavy (non-hydrogen) atoms. The van der Waals surface area contributed by atoms with E-state index >= 15 is 0 Å². The molecule has 0 unspecified atom stereocenters. The molecule has 1 heterocycles. The van der Waals surface area contributed by atoms with Crippen LogP contribution >= 0.6 is 0 Å². The molecule has 1 aliphatic carbocycles. The molecule has 3 heteroatoms. The van der Waals surface area contributed by atoms with E-state index in [2.05, 4.69) is 17.6 Å². The largest absolute Gasteiger partial charge is 0.382 e. The summed E-state index contributed by atoms with van der Waals surface area (Å²) in [5.41, 5.74) is 1.19. The van der Waals surface area contributed by atoms with E-state index < -0.39 is 0 Å². The van der Waals surface area contributed by atoms with Gasteiger partial charge >= 0.3 is 0 Å². The van der Waals surface area contributed by atoms with Gasteiger partial charge < -0.3 is 5.32 Å². The van der Waals surface area contributed by atoms with Crippen molar-refractivity contribution in [1.82, 2.24) is 5.32 Å². The molecule has 0 amide bonds. The van der Waals surface area contributed by atoms with Crippen LogP contribution in [0.25, 0.3) is 0 Å².